The summed E-state index contributed by atoms with van der Waals surface area (Å²) >= 11 is 0.956. The molecule has 1 atom stereocenters. The number of aryl methyl sites for hydroxylation is 1. The molecule has 2 aromatic carbocycles. The highest BCUT2D eigenvalue weighted by molar-refractivity contribution is 7.17. The number of nitrogens with zero attached hydrogens (tertiary/aromatic N) is 2. The second-order valence-corrected chi connectivity index (χ2v) is 10.0. The molecule has 1 fully saturated rings. The van der Waals surface area contributed by atoms with Crippen LogP contribution in [0.3, 0.4) is 0 Å². The molecule has 1 saturated heterocycles. The number of thiazole rings is 1. The Morgan fingerprint density at radius 1 is 1.14 bits per heavy atom. The number of ketones is 1. The Hall–Kier alpha value is -3.98. The Kier molecular flexibility index (Phi) is 7.73. The lowest BCUT2D eigenvalue weighted by Crippen LogP contribution is -2.29. The lowest BCUT2D eigenvalue weighted by Gasteiger charge is -2.23. The van der Waals surface area contributed by atoms with Crippen LogP contribution in [0, 0.1) is 12.8 Å². The lowest BCUT2D eigenvalue weighted by molar-refractivity contribution is -0.132. The van der Waals surface area contributed by atoms with Crippen LogP contribution in [-0.4, -0.2) is 41.5 Å². The minimum atomic E-state index is -0.982. The molecular weight excluding hydrogens is 492 g/mol. The van der Waals surface area contributed by atoms with E-state index < -0.39 is 23.7 Å². The quantitative estimate of drug-likeness (QED) is 0.186. The fourth-order valence-electron chi connectivity index (χ4n) is 4.05. The van der Waals surface area contributed by atoms with Gasteiger partial charge in [0.15, 0.2) is 5.13 Å². The van der Waals surface area contributed by atoms with Gasteiger partial charge < -0.3 is 14.6 Å². The number of amides is 1. The van der Waals surface area contributed by atoms with Crippen LogP contribution < -0.4 is 9.64 Å². The number of aliphatic hydroxyl groups excluding tert-OH is 1. The Labute approximate surface area is 219 Å². The van der Waals surface area contributed by atoms with E-state index in [1.54, 1.807) is 61.5 Å². The minimum Gasteiger partial charge on any atom is -0.507 e. The van der Waals surface area contributed by atoms with Crippen LogP contribution in [-0.2, 0) is 14.3 Å². The van der Waals surface area contributed by atoms with Crippen molar-refractivity contribution in [1.29, 1.82) is 0 Å². The van der Waals surface area contributed by atoms with Crippen molar-refractivity contribution in [3.63, 3.8) is 0 Å². The molecule has 0 saturated carbocycles. The van der Waals surface area contributed by atoms with Crippen LogP contribution in [0.15, 0.2) is 60.2 Å². The predicted molar refractivity (Wildman–Crippen MR) is 141 cm³/mol. The first-order chi connectivity index (χ1) is 17.7. The van der Waals surface area contributed by atoms with Crippen LogP contribution >= 0.6 is 11.3 Å². The van der Waals surface area contributed by atoms with Gasteiger partial charge in [0.1, 0.15) is 16.4 Å². The maximum absolute atomic E-state index is 13.4. The molecule has 9 heteroatoms. The van der Waals surface area contributed by atoms with E-state index in [0.717, 1.165) is 17.8 Å². The van der Waals surface area contributed by atoms with E-state index in [1.807, 2.05) is 0 Å². The monoisotopic (exact) mass is 520 g/mol. The number of anilines is 1. The number of esters is 1. The molecule has 0 radical (unpaired) electrons. The van der Waals surface area contributed by atoms with E-state index in [0.29, 0.717) is 35.1 Å². The number of carbonyl (C=O) groups is 3. The first kappa shape index (κ1) is 26.1. The summed E-state index contributed by atoms with van der Waals surface area (Å²) in [5.41, 5.74) is 1.27. The van der Waals surface area contributed by atoms with Crippen LogP contribution in [0.5, 0.6) is 5.75 Å². The summed E-state index contributed by atoms with van der Waals surface area (Å²) in [4.78, 5) is 44.8. The number of hydrogen-bond acceptors (Lipinski definition) is 8. The van der Waals surface area contributed by atoms with Crippen molar-refractivity contribution < 1.29 is 29.0 Å². The average Bonchev–Trinajstić information content (AvgIpc) is 3.40. The molecule has 8 nitrogen and oxygen atoms in total. The van der Waals surface area contributed by atoms with Gasteiger partial charge in [0, 0.05) is 5.56 Å². The van der Waals surface area contributed by atoms with Gasteiger partial charge in [0.2, 0.25) is 0 Å². The fourth-order valence-corrected chi connectivity index (χ4v) is 5.06. The van der Waals surface area contributed by atoms with E-state index in [2.05, 4.69) is 18.8 Å². The van der Waals surface area contributed by atoms with Crippen molar-refractivity contribution >= 4 is 39.9 Å². The molecule has 37 heavy (non-hydrogen) atoms. The zero-order chi connectivity index (χ0) is 26.7. The first-order valence-corrected chi connectivity index (χ1v) is 12.7. The third-order valence-electron chi connectivity index (χ3n) is 5.99. The van der Waals surface area contributed by atoms with Crippen molar-refractivity contribution in [2.75, 3.05) is 18.6 Å². The lowest BCUT2D eigenvalue weighted by atomic mass is 9.95. The van der Waals surface area contributed by atoms with Crippen molar-refractivity contribution in [2.24, 2.45) is 5.92 Å². The van der Waals surface area contributed by atoms with Crippen LogP contribution in [0.1, 0.15) is 52.8 Å². The minimum absolute atomic E-state index is 0.0667. The highest BCUT2D eigenvalue weighted by Gasteiger charge is 2.48. The Morgan fingerprint density at radius 2 is 1.86 bits per heavy atom. The number of methoxy groups -OCH3 is 1. The molecule has 1 aliphatic heterocycles. The number of aromatic nitrogens is 1. The molecule has 1 aliphatic rings. The number of hydrogen-bond donors (Lipinski definition) is 1. The Morgan fingerprint density at radius 3 is 2.54 bits per heavy atom. The highest BCUT2D eigenvalue weighted by atomic mass is 32.1. The molecule has 1 N–H and O–H groups in total. The van der Waals surface area contributed by atoms with Gasteiger partial charge in [-0.25, -0.2) is 9.78 Å². The standard InChI is InChI=1S/C28H28N2O6S/c1-16(2)13-14-36-20-12-8-11-19(15-20)22-21(23(31)18-9-6-5-7-10-18)24(32)26(33)30(22)28-29-17(3)25(37-28)27(34)35-4/h5-12,15-16,22,31H,13-14H2,1-4H3/b23-21+. The van der Waals surface area contributed by atoms with Gasteiger partial charge in [-0.3, -0.25) is 14.5 Å². The van der Waals surface area contributed by atoms with Crippen molar-refractivity contribution in [2.45, 2.75) is 33.2 Å². The van der Waals surface area contributed by atoms with Gasteiger partial charge in [-0.05, 0) is 37.0 Å². The smallest absolute Gasteiger partial charge is 0.350 e. The van der Waals surface area contributed by atoms with E-state index >= 15 is 0 Å². The van der Waals surface area contributed by atoms with Gasteiger partial charge >= 0.3 is 11.9 Å². The molecule has 1 aromatic heterocycles. The Bertz CT molecular complexity index is 1360. The third-order valence-corrected chi connectivity index (χ3v) is 7.13. The summed E-state index contributed by atoms with van der Waals surface area (Å²) in [5.74, 6) is -1.52. The van der Waals surface area contributed by atoms with Crippen molar-refractivity contribution in [1.82, 2.24) is 4.98 Å². The maximum atomic E-state index is 13.4. The molecule has 1 unspecified atom stereocenters. The maximum Gasteiger partial charge on any atom is 0.350 e. The number of rotatable bonds is 8. The fraction of sp³-hybridized carbons (Fsp3) is 0.286. The molecule has 0 aliphatic carbocycles. The van der Waals surface area contributed by atoms with Crippen LogP contribution in [0.25, 0.3) is 5.76 Å². The Balaban J connectivity index is 1.86. The van der Waals surface area contributed by atoms with E-state index in [9.17, 15) is 19.5 Å². The molecule has 4 rings (SSSR count). The summed E-state index contributed by atoms with van der Waals surface area (Å²) in [5, 5.41) is 11.4. The highest BCUT2D eigenvalue weighted by Crippen LogP contribution is 2.44. The van der Waals surface area contributed by atoms with Crippen molar-refractivity contribution in [3.05, 3.63) is 81.9 Å². The van der Waals surface area contributed by atoms with Gasteiger partial charge in [0.05, 0.1) is 31.0 Å². The number of benzene rings is 2. The SMILES string of the molecule is COC(=O)c1sc(N2C(=O)C(=O)/C(=C(/O)c3ccccc3)C2c2cccc(OCCC(C)C)c2)nc1C. The molecule has 0 spiro atoms. The summed E-state index contributed by atoms with van der Waals surface area (Å²) in [6, 6.07) is 14.7. The van der Waals surface area contributed by atoms with E-state index in [4.69, 9.17) is 9.47 Å². The third kappa shape index (κ3) is 5.27. The largest absolute Gasteiger partial charge is 0.507 e. The average molecular weight is 521 g/mol. The number of Topliss-reactive ketones (excluding diaryl/α,β-unsaturated/α-hetero) is 1. The van der Waals surface area contributed by atoms with Gasteiger partial charge in [-0.1, -0.05) is 67.6 Å². The summed E-state index contributed by atoms with van der Waals surface area (Å²) < 4.78 is 10.8. The number of aliphatic hydroxyl groups is 1. The molecule has 0 bridgehead atoms. The number of carbonyl (C=O) groups excluding carboxylic acids is 3. The molecule has 3 aromatic rings. The van der Waals surface area contributed by atoms with E-state index in [-0.39, 0.29) is 21.3 Å². The topological polar surface area (TPSA) is 106 Å². The van der Waals surface area contributed by atoms with E-state index in [1.165, 1.54) is 12.0 Å². The normalized spacial score (nSPS) is 16.9. The van der Waals surface area contributed by atoms with Crippen molar-refractivity contribution in [3.8, 4) is 5.75 Å². The molecule has 1 amide bonds. The molecule has 2 heterocycles. The second-order valence-electron chi connectivity index (χ2n) is 9.04. The molecular formula is C28H28N2O6S. The summed E-state index contributed by atoms with van der Waals surface area (Å²) in [6.07, 6.45) is 0.866. The summed E-state index contributed by atoms with van der Waals surface area (Å²) in [7, 11) is 1.26. The van der Waals surface area contributed by atoms with Gasteiger partial charge in [0.25, 0.3) is 5.78 Å². The van der Waals surface area contributed by atoms with Crippen LogP contribution in [0.4, 0.5) is 5.13 Å². The van der Waals surface area contributed by atoms with Crippen LogP contribution in [0.2, 0.25) is 0 Å². The summed E-state index contributed by atoms with van der Waals surface area (Å²) in [6.45, 7) is 6.36. The predicted octanol–water partition coefficient (Wildman–Crippen LogP) is 5.29. The first-order valence-electron chi connectivity index (χ1n) is 11.9. The number of ether oxygens (including phenoxy) is 2. The van der Waals surface area contributed by atoms with Gasteiger partial charge in [-0.15, -0.1) is 0 Å². The second kappa shape index (κ2) is 11.0. The zero-order valence-electron chi connectivity index (χ0n) is 21.1. The zero-order valence-corrected chi connectivity index (χ0v) is 21.9. The van der Waals surface area contributed by atoms with Gasteiger partial charge in [-0.2, -0.15) is 0 Å². The molecule has 192 valence electrons.